The van der Waals surface area contributed by atoms with Gasteiger partial charge in [-0.05, 0) is 12.1 Å². The largest absolute Gasteiger partial charge is 0.372 e. The second kappa shape index (κ2) is 5.00. The maximum absolute atomic E-state index is 10.3. The number of hydrogen-bond donors (Lipinski definition) is 0. The Morgan fingerprint density at radius 1 is 1.43 bits per heavy atom. The van der Waals surface area contributed by atoms with Crippen molar-refractivity contribution in [1.82, 2.24) is 0 Å². The molecule has 0 saturated carbocycles. The van der Waals surface area contributed by atoms with E-state index in [9.17, 15) is 10.1 Å². The Bertz CT molecular complexity index is 373. The van der Waals surface area contributed by atoms with Crippen LogP contribution in [0.3, 0.4) is 0 Å². The fraction of sp³-hybridized carbons (Fsp3) is 0.200. The maximum atomic E-state index is 10.3. The van der Waals surface area contributed by atoms with Crippen molar-refractivity contribution in [3.8, 4) is 11.8 Å². The average Bonchev–Trinajstić information content (AvgIpc) is 2.19. The van der Waals surface area contributed by atoms with Gasteiger partial charge in [-0.1, -0.05) is 11.8 Å². The first-order chi connectivity index (χ1) is 6.74. The number of ether oxygens (including phenoxy) is 1. The fourth-order valence-electron chi connectivity index (χ4n) is 0.877. The van der Waals surface area contributed by atoms with Crippen LogP contribution in [0.15, 0.2) is 24.3 Å². The molecule has 4 nitrogen and oxygen atoms in total. The third-order valence-corrected chi connectivity index (χ3v) is 1.53. The Morgan fingerprint density at radius 3 is 2.57 bits per heavy atom. The van der Waals surface area contributed by atoms with Crippen LogP contribution in [0.4, 0.5) is 5.69 Å². The highest BCUT2D eigenvalue weighted by Gasteiger charge is 2.01. The predicted molar refractivity (Wildman–Crippen MR) is 51.9 cm³/mol. The molecular weight excluding hydrogens is 182 g/mol. The average molecular weight is 191 g/mol. The number of nitrogens with zero attached hydrogens (tertiary/aromatic N) is 1. The third-order valence-electron chi connectivity index (χ3n) is 1.53. The normalized spacial score (nSPS) is 8.93. The minimum absolute atomic E-state index is 0.0716. The van der Waals surface area contributed by atoms with Gasteiger partial charge in [-0.3, -0.25) is 10.1 Å². The second-order valence-corrected chi connectivity index (χ2v) is 2.54. The van der Waals surface area contributed by atoms with Crippen molar-refractivity contribution >= 4 is 5.69 Å². The summed E-state index contributed by atoms with van der Waals surface area (Å²) in [5.74, 6) is 5.57. The van der Waals surface area contributed by atoms with Crippen LogP contribution in [0.5, 0.6) is 0 Å². The molecule has 0 aromatic heterocycles. The molecule has 0 unspecified atom stereocenters. The van der Waals surface area contributed by atoms with Gasteiger partial charge in [0, 0.05) is 24.8 Å². The number of rotatable bonds is 2. The Hall–Kier alpha value is -1.86. The van der Waals surface area contributed by atoms with Gasteiger partial charge in [0.25, 0.3) is 5.69 Å². The lowest BCUT2D eigenvalue weighted by atomic mass is 10.2. The number of benzene rings is 1. The molecule has 0 bridgehead atoms. The fourth-order valence-corrected chi connectivity index (χ4v) is 0.877. The summed E-state index contributed by atoms with van der Waals surface area (Å²) in [6.45, 7) is 0.358. The molecule has 0 aliphatic heterocycles. The first-order valence-corrected chi connectivity index (χ1v) is 3.96. The lowest BCUT2D eigenvalue weighted by Crippen LogP contribution is -1.87. The van der Waals surface area contributed by atoms with E-state index in [4.69, 9.17) is 4.74 Å². The molecule has 0 aliphatic rings. The zero-order valence-electron chi connectivity index (χ0n) is 7.69. The Balaban J connectivity index is 2.75. The van der Waals surface area contributed by atoms with Crippen molar-refractivity contribution in [2.24, 2.45) is 0 Å². The zero-order valence-corrected chi connectivity index (χ0v) is 7.69. The van der Waals surface area contributed by atoms with Gasteiger partial charge < -0.3 is 4.74 Å². The molecular formula is C10H9NO3. The van der Waals surface area contributed by atoms with Crippen molar-refractivity contribution in [3.63, 3.8) is 0 Å². The quantitative estimate of drug-likeness (QED) is 0.405. The SMILES string of the molecule is COCC#Cc1ccc([N+](=O)[O-])cc1. The first kappa shape index (κ1) is 10.2. The van der Waals surface area contributed by atoms with Gasteiger partial charge in [-0.15, -0.1) is 0 Å². The summed E-state index contributed by atoms with van der Waals surface area (Å²) in [5.41, 5.74) is 0.815. The first-order valence-electron chi connectivity index (χ1n) is 3.96. The summed E-state index contributed by atoms with van der Waals surface area (Å²) >= 11 is 0. The van der Waals surface area contributed by atoms with Crippen molar-refractivity contribution in [3.05, 3.63) is 39.9 Å². The van der Waals surface area contributed by atoms with Crippen LogP contribution in [0.25, 0.3) is 0 Å². The van der Waals surface area contributed by atoms with Crippen LogP contribution in [0, 0.1) is 22.0 Å². The summed E-state index contributed by atoms with van der Waals surface area (Å²) in [6.07, 6.45) is 0. The summed E-state index contributed by atoms with van der Waals surface area (Å²) in [6, 6.07) is 6.08. The molecule has 0 radical (unpaired) electrons. The number of non-ortho nitro benzene ring substituents is 1. The second-order valence-electron chi connectivity index (χ2n) is 2.54. The minimum atomic E-state index is -0.438. The molecule has 1 rings (SSSR count). The lowest BCUT2D eigenvalue weighted by molar-refractivity contribution is -0.384. The topological polar surface area (TPSA) is 52.4 Å². The standard InChI is InChI=1S/C10H9NO3/c1-14-8-2-3-9-4-6-10(7-5-9)11(12)13/h4-7H,8H2,1H3. The Morgan fingerprint density at radius 2 is 2.07 bits per heavy atom. The van der Waals surface area contributed by atoms with E-state index in [0.29, 0.717) is 6.61 Å². The molecule has 72 valence electrons. The lowest BCUT2D eigenvalue weighted by Gasteiger charge is -1.90. The molecule has 14 heavy (non-hydrogen) atoms. The van der Waals surface area contributed by atoms with Gasteiger partial charge in [0.2, 0.25) is 0 Å². The molecule has 1 aromatic carbocycles. The summed E-state index contributed by atoms with van der Waals surface area (Å²) in [4.78, 5) is 9.88. The third kappa shape index (κ3) is 2.88. The van der Waals surface area contributed by atoms with E-state index in [1.807, 2.05) is 0 Å². The number of nitro benzene ring substituents is 1. The highest BCUT2D eigenvalue weighted by atomic mass is 16.6. The van der Waals surface area contributed by atoms with Crippen molar-refractivity contribution < 1.29 is 9.66 Å². The van der Waals surface area contributed by atoms with E-state index >= 15 is 0 Å². The molecule has 0 atom stereocenters. The van der Waals surface area contributed by atoms with Crippen LogP contribution < -0.4 is 0 Å². The molecule has 0 fully saturated rings. The van der Waals surface area contributed by atoms with Gasteiger partial charge in [-0.2, -0.15) is 0 Å². The number of methoxy groups -OCH3 is 1. The van der Waals surface area contributed by atoms with Gasteiger partial charge >= 0.3 is 0 Å². The molecule has 0 amide bonds. The Kier molecular flexibility index (Phi) is 3.65. The summed E-state index contributed by atoms with van der Waals surface area (Å²) in [5, 5.41) is 10.3. The van der Waals surface area contributed by atoms with Crippen LogP contribution >= 0.6 is 0 Å². The molecule has 0 N–H and O–H groups in total. The molecule has 0 aliphatic carbocycles. The maximum Gasteiger partial charge on any atom is 0.269 e. The van der Waals surface area contributed by atoms with Gasteiger partial charge in [0.05, 0.1) is 4.92 Å². The van der Waals surface area contributed by atoms with Crippen molar-refractivity contribution in [2.45, 2.75) is 0 Å². The van der Waals surface area contributed by atoms with E-state index in [2.05, 4.69) is 11.8 Å². The molecule has 4 heteroatoms. The van der Waals surface area contributed by atoms with E-state index in [-0.39, 0.29) is 5.69 Å². The molecule has 0 saturated heterocycles. The smallest absolute Gasteiger partial charge is 0.269 e. The Labute approximate surface area is 81.7 Å². The van der Waals surface area contributed by atoms with Crippen molar-refractivity contribution in [2.75, 3.05) is 13.7 Å². The summed E-state index contributed by atoms with van der Waals surface area (Å²) in [7, 11) is 1.56. The zero-order chi connectivity index (χ0) is 10.4. The molecule has 0 heterocycles. The van der Waals surface area contributed by atoms with E-state index in [0.717, 1.165) is 5.56 Å². The van der Waals surface area contributed by atoms with Crippen LogP contribution in [-0.4, -0.2) is 18.6 Å². The van der Waals surface area contributed by atoms with E-state index in [1.54, 1.807) is 19.2 Å². The molecule has 1 aromatic rings. The van der Waals surface area contributed by atoms with E-state index < -0.39 is 4.92 Å². The van der Waals surface area contributed by atoms with Crippen LogP contribution in [0.1, 0.15) is 5.56 Å². The van der Waals surface area contributed by atoms with Crippen LogP contribution in [0.2, 0.25) is 0 Å². The van der Waals surface area contributed by atoms with Gasteiger partial charge in [-0.25, -0.2) is 0 Å². The minimum Gasteiger partial charge on any atom is -0.372 e. The van der Waals surface area contributed by atoms with Crippen molar-refractivity contribution in [1.29, 1.82) is 0 Å². The number of nitro groups is 1. The van der Waals surface area contributed by atoms with Crippen LogP contribution in [-0.2, 0) is 4.74 Å². The van der Waals surface area contributed by atoms with E-state index in [1.165, 1.54) is 12.1 Å². The highest BCUT2D eigenvalue weighted by molar-refractivity contribution is 5.40. The highest BCUT2D eigenvalue weighted by Crippen LogP contribution is 2.10. The van der Waals surface area contributed by atoms with Gasteiger partial charge in [0.15, 0.2) is 0 Å². The monoisotopic (exact) mass is 191 g/mol. The predicted octanol–water partition coefficient (Wildman–Crippen LogP) is 1.59. The van der Waals surface area contributed by atoms with Gasteiger partial charge in [0.1, 0.15) is 6.61 Å². The molecule has 0 spiro atoms. The number of hydrogen-bond acceptors (Lipinski definition) is 3. The summed E-state index contributed by atoms with van der Waals surface area (Å²) < 4.78 is 4.74.